The topological polar surface area (TPSA) is 75.3 Å². The molecule has 0 fully saturated rings. The molecule has 0 N–H and O–H groups in total. The molecule has 1 aliphatic heterocycles. The third-order valence-electron chi connectivity index (χ3n) is 6.16. The van der Waals surface area contributed by atoms with Gasteiger partial charge in [-0.1, -0.05) is 6.92 Å². The lowest BCUT2D eigenvalue weighted by Crippen LogP contribution is -2.11. The Balaban J connectivity index is 1.94. The zero-order valence-corrected chi connectivity index (χ0v) is 19.0. The highest BCUT2D eigenvalue weighted by Crippen LogP contribution is 2.41. The van der Waals surface area contributed by atoms with Gasteiger partial charge in [0.15, 0.2) is 0 Å². The smallest absolute Gasteiger partial charge is 0.354 e. The molecule has 1 aliphatic rings. The molecule has 3 aromatic rings. The number of hydrogen-bond donors (Lipinski definition) is 0. The summed E-state index contributed by atoms with van der Waals surface area (Å²) < 4.78 is 29.3. The van der Waals surface area contributed by atoms with E-state index in [0.29, 0.717) is 36.0 Å². The maximum Gasteiger partial charge on any atom is 0.354 e. The molecule has 2 aromatic heterocycles. The summed E-state index contributed by atoms with van der Waals surface area (Å²) in [7, 11) is 3.10. The number of nitrogens with zero attached hydrogens (tertiary/aromatic N) is 3. The summed E-state index contributed by atoms with van der Waals surface area (Å²) in [5.41, 5.74) is 5.06. The van der Waals surface area contributed by atoms with Gasteiger partial charge in [0, 0.05) is 42.7 Å². The van der Waals surface area contributed by atoms with E-state index in [0.717, 1.165) is 47.3 Å². The number of methoxy groups -OCH3 is 1. The molecular weight excluding hydrogens is 413 g/mol. The molecule has 0 aliphatic carbocycles. The van der Waals surface area contributed by atoms with E-state index in [9.17, 15) is 9.59 Å². The number of carbonyl (C=O) groups excluding carboxylic acids is 2. The van der Waals surface area contributed by atoms with Crippen molar-refractivity contribution in [1.82, 2.24) is 14.3 Å². The Kier molecular flexibility index (Phi) is 6.04. The molecule has 1 aromatic carbocycles. The molecule has 8 heteroatoms. The van der Waals surface area contributed by atoms with Crippen molar-refractivity contribution in [3.8, 4) is 11.1 Å². The van der Waals surface area contributed by atoms with Crippen molar-refractivity contribution in [1.29, 1.82) is 0 Å². The van der Waals surface area contributed by atoms with E-state index in [1.165, 1.54) is 20.1 Å². The lowest BCUT2D eigenvalue weighted by atomic mass is 9.96. The Bertz CT molecular complexity index is 1210. The number of rotatable bonds is 7. The first-order valence-electron chi connectivity index (χ1n) is 11.0. The second-order valence-corrected chi connectivity index (χ2v) is 8.09. The van der Waals surface area contributed by atoms with Gasteiger partial charge in [-0.2, -0.15) is 5.10 Å². The van der Waals surface area contributed by atoms with Crippen molar-refractivity contribution in [3.05, 3.63) is 40.6 Å². The zero-order valence-electron chi connectivity index (χ0n) is 19.0. The van der Waals surface area contributed by atoms with E-state index in [4.69, 9.17) is 14.6 Å². The van der Waals surface area contributed by atoms with Crippen LogP contribution in [0, 0.1) is 5.82 Å². The minimum Gasteiger partial charge on any atom is -0.466 e. The molecule has 0 radical (unpaired) electrons. The van der Waals surface area contributed by atoms with Crippen molar-refractivity contribution in [2.24, 2.45) is 7.05 Å². The fourth-order valence-corrected chi connectivity index (χ4v) is 4.84. The first-order valence-corrected chi connectivity index (χ1v) is 11.0. The summed E-state index contributed by atoms with van der Waals surface area (Å²) in [6.07, 6.45) is 3.56. The molecule has 0 spiro atoms. The monoisotopic (exact) mass is 441 g/mol. The van der Waals surface area contributed by atoms with Gasteiger partial charge in [0.2, 0.25) is 0 Å². The van der Waals surface area contributed by atoms with E-state index in [1.54, 1.807) is 17.7 Å². The largest absolute Gasteiger partial charge is 0.466 e. The van der Waals surface area contributed by atoms with E-state index in [-0.39, 0.29) is 18.4 Å². The van der Waals surface area contributed by atoms with Crippen LogP contribution < -0.4 is 0 Å². The van der Waals surface area contributed by atoms with Gasteiger partial charge < -0.3 is 14.0 Å². The number of aromatic nitrogens is 3. The normalized spacial score (nSPS) is 12.9. The van der Waals surface area contributed by atoms with E-state index < -0.39 is 5.97 Å². The van der Waals surface area contributed by atoms with Crippen LogP contribution in [-0.4, -0.2) is 40.0 Å². The standard InChI is InChI=1S/C24H28FN3O4/c1-5-18-21(19-9-6-12-28(19)26-18)20-17(25)11-10-16-15(8-7-13-32-14(2)29)23(24(30)31-4)27(3)22(16)20/h10-11H,5-9,12-13H2,1-4H3. The molecule has 32 heavy (non-hydrogen) atoms. The highest BCUT2D eigenvalue weighted by atomic mass is 19.1. The average molecular weight is 442 g/mol. The highest BCUT2D eigenvalue weighted by Gasteiger charge is 2.30. The highest BCUT2D eigenvalue weighted by molar-refractivity contribution is 6.05. The summed E-state index contributed by atoms with van der Waals surface area (Å²) in [4.78, 5) is 23.8. The Morgan fingerprint density at radius 1 is 1.25 bits per heavy atom. The van der Waals surface area contributed by atoms with Crippen molar-refractivity contribution in [3.63, 3.8) is 0 Å². The van der Waals surface area contributed by atoms with Gasteiger partial charge >= 0.3 is 11.9 Å². The third kappa shape index (κ3) is 3.57. The lowest BCUT2D eigenvalue weighted by molar-refractivity contribution is -0.141. The quantitative estimate of drug-likeness (QED) is 0.410. The number of carbonyl (C=O) groups is 2. The fourth-order valence-electron chi connectivity index (χ4n) is 4.84. The van der Waals surface area contributed by atoms with Crippen LogP contribution in [0.15, 0.2) is 12.1 Å². The predicted molar refractivity (Wildman–Crippen MR) is 118 cm³/mol. The minimum absolute atomic E-state index is 0.247. The zero-order chi connectivity index (χ0) is 23.0. The average Bonchev–Trinajstić information content (AvgIpc) is 3.43. The Labute approximate surface area is 186 Å². The molecule has 0 saturated heterocycles. The minimum atomic E-state index is -0.478. The molecule has 0 amide bonds. The summed E-state index contributed by atoms with van der Waals surface area (Å²) in [6, 6.07) is 3.18. The number of halogens is 1. The molecule has 170 valence electrons. The van der Waals surface area contributed by atoms with Crippen LogP contribution in [0.25, 0.3) is 22.0 Å². The van der Waals surface area contributed by atoms with Crippen molar-refractivity contribution in [2.45, 2.75) is 52.5 Å². The van der Waals surface area contributed by atoms with Gasteiger partial charge in [0.05, 0.1) is 24.9 Å². The van der Waals surface area contributed by atoms with Gasteiger partial charge in [-0.25, -0.2) is 9.18 Å². The van der Waals surface area contributed by atoms with E-state index in [2.05, 4.69) is 0 Å². The second-order valence-electron chi connectivity index (χ2n) is 8.09. The van der Waals surface area contributed by atoms with Crippen LogP contribution in [0.1, 0.15) is 54.1 Å². The van der Waals surface area contributed by atoms with Gasteiger partial charge in [-0.15, -0.1) is 0 Å². The maximum atomic E-state index is 15.4. The SMILES string of the molecule is CCc1nn2c(c1-c1c(F)ccc3c(CCCOC(C)=O)c(C(=O)OC)n(C)c13)CCC2. The van der Waals surface area contributed by atoms with Gasteiger partial charge in [-0.05, 0) is 49.8 Å². The number of ether oxygens (including phenoxy) is 2. The molecule has 3 heterocycles. The lowest BCUT2D eigenvalue weighted by Gasteiger charge is -2.11. The summed E-state index contributed by atoms with van der Waals surface area (Å²) in [6.45, 7) is 4.46. The van der Waals surface area contributed by atoms with Gasteiger partial charge in [-0.3, -0.25) is 9.48 Å². The van der Waals surface area contributed by atoms with Crippen LogP contribution in [0.4, 0.5) is 4.39 Å². The Morgan fingerprint density at radius 2 is 2.03 bits per heavy atom. The molecule has 0 atom stereocenters. The number of esters is 2. The van der Waals surface area contributed by atoms with Crippen LogP contribution in [-0.2, 0) is 47.1 Å². The van der Waals surface area contributed by atoms with Crippen LogP contribution in [0.3, 0.4) is 0 Å². The number of fused-ring (bicyclic) bond motifs is 2. The third-order valence-corrected chi connectivity index (χ3v) is 6.16. The molecule has 7 nitrogen and oxygen atoms in total. The Morgan fingerprint density at radius 3 is 2.72 bits per heavy atom. The maximum absolute atomic E-state index is 15.4. The summed E-state index contributed by atoms with van der Waals surface area (Å²) in [5, 5.41) is 5.52. The van der Waals surface area contributed by atoms with Crippen molar-refractivity contribution >= 4 is 22.8 Å². The fraction of sp³-hybridized carbons (Fsp3) is 0.458. The second kappa shape index (κ2) is 8.76. The molecular formula is C24H28FN3O4. The molecule has 0 unspecified atom stereocenters. The molecule has 0 saturated carbocycles. The van der Waals surface area contributed by atoms with E-state index in [1.807, 2.05) is 11.6 Å². The first-order chi connectivity index (χ1) is 15.4. The van der Waals surface area contributed by atoms with Gasteiger partial charge in [0.25, 0.3) is 0 Å². The summed E-state index contributed by atoms with van der Waals surface area (Å²) in [5.74, 6) is -1.16. The molecule has 0 bridgehead atoms. The van der Waals surface area contributed by atoms with Crippen LogP contribution in [0.2, 0.25) is 0 Å². The molecule has 4 rings (SSSR count). The van der Waals surface area contributed by atoms with Crippen molar-refractivity contribution in [2.75, 3.05) is 13.7 Å². The number of hydrogen-bond acceptors (Lipinski definition) is 5. The van der Waals surface area contributed by atoms with Gasteiger partial charge in [0.1, 0.15) is 11.5 Å². The Hall–Kier alpha value is -3.16. The van der Waals surface area contributed by atoms with Crippen LogP contribution in [0.5, 0.6) is 0 Å². The number of aryl methyl sites for hydroxylation is 4. The summed E-state index contributed by atoms with van der Waals surface area (Å²) >= 11 is 0. The number of benzene rings is 1. The van der Waals surface area contributed by atoms with E-state index >= 15 is 4.39 Å². The predicted octanol–water partition coefficient (Wildman–Crippen LogP) is 3.97. The van der Waals surface area contributed by atoms with Crippen LogP contribution >= 0.6 is 0 Å². The first kappa shape index (κ1) is 22.0. The van der Waals surface area contributed by atoms with Crippen molar-refractivity contribution < 1.29 is 23.5 Å².